The highest BCUT2D eigenvalue weighted by Crippen LogP contribution is 2.46. The van der Waals surface area contributed by atoms with Gasteiger partial charge in [-0.2, -0.15) is 0 Å². The molecule has 21 heavy (non-hydrogen) atoms. The average molecular weight is 293 g/mol. The van der Waals surface area contributed by atoms with Gasteiger partial charge in [0.15, 0.2) is 11.5 Å². The molecule has 0 unspecified atom stereocenters. The molecule has 1 aromatic rings. The topological polar surface area (TPSA) is 53.7 Å². The Morgan fingerprint density at radius 1 is 1.05 bits per heavy atom. The van der Waals surface area contributed by atoms with Crippen LogP contribution in [0.15, 0.2) is 12.1 Å². The van der Waals surface area contributed by atoms with Gasteiger partial charge in [-0.3, -0.25) is 0 Å². The minimum atomic E-state index is 0.000620. The highest BCUT2D eigenvalue weighted by molar-refractivity contribution is 5.53. The number of rotatable bonds is 6. The van der Waals surface area contributed by atoms with Crippen LogP contribution in [0.5, 0.6) is 11.5 Å². The van der Waals surface area contributed by atoms with Gasteiger partial charge >= 0.3 is 0 Å². The van der Waals surface area contributed by atoms with Crippen molar-refractivity contribution in [3.05, 3.63) is 23.3 Å². The van der Waals surface area contributed by atoms with Crippen molar-refractivity contribution in [1.82, 2.24) is 0 Å². The molecule has 0 bridgehead atoms. The molecule has 4 nitrogen and oxygen atoms in total. The van der Waals surface area contributed by atoms with E-state index >= 15 is 0 Å². The molecule has 1 fully saturated rings. The Labute approximate surface area is 127 Å². The summed E-state index contributed by atoms with van der Waals surface area (Å²) < 4.78 is 16.5. The Bertz CT molecular complexity index is 467. The maximum Gasteiger partial charge on any atom is 0.164 e. The van der Waals surface area contributed by atoms with E-state index in [2.05, 4.69) is 6.07 Å². The molecule has 0 spiro atoms. The Morgan fingerprint density at radius 3 is 2.29 bits per heavy atom. The monoisotopic (exact) mass is 293 g/mol. The first kappa shape index (κ1) is 16.1. The van der Waals surface area contributed by atoms with Gasteiger partial charge in [0.1, 0.15) is 0 Å². The van der Waals surface area contributed by atoms with Crippen LogP contribution >= 0.6 is 0 Å². The quantitative estimate of drug-likeness (QED) is 0.876. The molecule has 0 atom stereocenters. The van der Waals surface area contributed by atoms with E-state index in [0.717, 1.165) is 29.9 Å². The van der Waals surface area contributed by atoms with Crippen molar-refractivity contribution in [2.75, 3.05) is 27.9 Å². The molecule has 1 saturated carbocycles. The molecule has 0 heterocycles. The zero-order valence-electron chi connectivity index (χ0n) is 13.4. The van der Waals surface area contributed by atoms with Crippen molar-refractivity contribution >= 4 is 0 Å². The molecule has 0 amide bonds. The van der Waals surface area contributed by atoms with E-state index in [0.29, 0.717) is 13.2 Å². The molecule has 1 aliphatic carbocycles. The fraction of sp³-hybridized carbons (Fsp3) is 0.647. The third-order valence-corrected chi connectivity index (χ3v) is 4.62. The maximum atomic E-state index is 6.18. The molecular weight excluding hydrogens is 266 g/mol. The first-order chi connectivity index (χ1) is 10.2. The van der Waals surface area contributed by atoms with Gasteiger partial charge in [-0.05, 0) is 30.5 Å². The largest absolute Gasteiger partial charge is 0.493 e. The smallest absolute Gasteiger partial charge is 0.164 e. The zero-order valence-corrected chi connectivity index (χ0v) is 13.4. The lowest BCUT2D eigenvalue weighted by atomic mass is 9.69. The molecule has 2 N–H and O–H groups in total. The zero-order chi connectivity index (χ0) is 15.3. The van der Waals surface area contributed by atoms with Gasteiger partial charge in [-0.1, -0.05) is 19.3 Å². The van der Waals surface area contributed by atoms with Crippen LogP contribution in [0.3, 0.4) is 0 Å². The molecular formula is C17H27NO3. The van der Waals surface area contributed by atoms with Crippen LogP contribution < -0.4 is 15.2 Å². The SMILES string of the molecule is COCc1cc(OC)c(OC)c(C2(CN)CCCCC2)c1. The third-order valence-electron chi connectivity index (χ3n) is 4.62. The second-order valence-electron chi connectivity index (χ2n) is 5.86. The number of methoxy groups -OCH3 is 3. The lowest BCUT2D eigenvalue weighted by Crippen LogP contribution is -2.37. The van der Waals surface area contributed by atoms with E-state index in [1.807, 2.05) is 6.07 Å². The van der Waals surface area contributed by atoms with Crippen LogP contribution in [0.4, 0.5) is 0 Å². The van der Waals surface area contributed by atoms with Crippen LogP contribution in [-0.4, -0.2) is 27.9 Å². The molecule has 0 aliphatic heterocycles. The van der Waals surface area contributed by atoms with Crippen molar-refractivity contribution in [2.24, 2.45) is 5.73 Å². The molecule has 1 aliphatic rings. The number of nitrogens with two attached hydrogens (primary N) is 1. The van der Waals surface area contributed by atoms with Gasteiger partial charge in [-0.15, -0.1) is 0 Å². The van der Waals surface area contributed by atoms with Crippen LogP contribution in [-0.2, 0) is 16.8 Å². The van der Waals surface area contributed by atoms with Crippen LogP contribution in [0, 0.1) is 0 Å². The third kappa shape index (κ3) is 3.16. The predicted octanol–water partition coefficient (Wildman–Crippen LogP) is 3.01. The summed E-state index contributed by atoms with van der Waals surface area (Å²) in [4.78, 5) is 0. The highest BCUT2D eigenvalue weighted by Gasteiger charge is 2.36. The Kier molecular flexibility index (Phi) is 5.48. The van der Waals surface area contributed by atoms with Gasteiger partial charge in [-0.25, -0.2) is 0 Å². The normalized spacial score (nSPS) is 17.5. The first-order valence-corrected chi connectivity index (χ1v) is 7.65. The van der Waals surface area contributed by atoms with Crippen LogP contribution in [0.2, 0.25) is 0 Å². The average Bonchev–Trinajstić information content (AvgIpc) is 2.54. The minimum absolute atomic E-state index is 0.000620. The van der Waals surface area contributed by atoms with E-state index in [9.17, 15) is 0 Å². The summed E-state index contributed by atoms with van der Waals surface area (Å²) in [5.74, 6) is 1.59. The summed E-state index contributed by atoms with van der Waals surface area (Å²) in [5, 5.41) is 0. The van der Waals surface area contributed by atoms with E-state index in [-0.39, 0.29) is 5.41 Å². The van der Waals surface area contributed by atoms with E-state index in [1.54, 1.807) is 21.3 Å². The Balaban J connectivity index is 2.54. The summed E-state index contributed by atoms with van der Waals surface area (Å²) >= 11 is 0. The van der Waals surface area contributed by atoms with Crippen molar-refractivity contribution < 1.29 is 14.2 Å². The van der Waals surface area contributed by atoms with Crippen molar-refractivity contribution in [3.63, 3.8) is 0 Å². The molecule has 118 valence electrons. The fourth-order valence-corrected chi connectivity index (χ4v) is 3.48. The molecule has 0 radical (unpaired) electrons. The summed E-state index contributed by atoms with van der Waals surface area (Å²) in [6, 6.07) is 4.17. The van der Waals surface area contributed by atoms with Crippen LogP contribution in [0.1, 0.15) is 43.2 Å². The van der Waals surface area contributed by atoms with Gasteiger partial charge < -0.3 is 19.9 Å². The molecule has 0 aromatic heterocycles. The number of ether oxygens (including phenoxy) is 3. The van der Waals surface area contributed by atoms with Crippen molar-refractivity contribution in [1.29, 1.82) is 0 Å². The lowest BCUT2D eigenvalue weighted by molar-refractivity contribution is 0.184. The number of benzene rings is 1. The standard InChI is InChI=1S/C17H27NO3/c1-19-11-13-9-14(16(21-3)15(10-13)20-2)17(12-18)7-5-4-6-8-17/h9-10H,4-8,11-12,18H2,1-3H3. The second kappa shape index (κ2) is 7.14. The first-order valence-electron chi connectivity index (χ1n) is 7.65. The molecule has 2 rings (SSSR count). The molecule has 1 aromatic carbocycles. The number of hydrogen-bond acceptors (Lipinski definition) is 4. The van der Waals surface area contributed by atoms with E-state index < -0.39 is 0 Å². The fourth-order valence-electron chi connectivity index (χ4n) is 3.48. The summed E-state index contributed by atoms with van der Waals surface area (Å²) in [5.41, 5.74) is 8.46. The summed E-state index contributed by atoms with van der Waals surface area (Å²) in [6.45, 7) is 1.21. The van der Waals surface area contributed by atoms with Gasteiger partial charge in [0.2, 0.25) is 0 Å². The Hall–Kier alpha value is -1.26. The van der Waals surface area contributed by atoms with E-state index in [1.165, 1.54) is 24.8 Å². The van der Waals surface area contributed by atoms with Crippen molar-refractivity contribution in [3.8, 4) is 11.5 Å². The van der Waals surface area contributed by atoms with Crippen LogP contribution in [0.25, 0.3) is 0 Å². The van der Waals surface area contributed by atoms with Crippen molar-refractivity contribution in [2.45, 2.75) is 44.1 Å². The van der Waals surface area contributed by atoms with E-state index in [4.69, 9.17) is 19.9 Å². The second-order valence-corrected chi connectivity index (χ2v) is 5.86. The minimum Gasteiger partial charge on any atom is -0.493 e. The lowest BCUT2D eigenvalue weighted by Gasteiger charge is -2.38. The maximum absolute atomic E-state index is 6.18. The summed E-state index contributed by atoms with van der Waals surface area (Å²) in [6.07, 6.45) is 5.95. The summed E-state index contributed by atoms with van der Waals surface area (Å²) in [7, 11) is 5.08. The molecule has 4 heteroatoms. The van der Waals surface area contributed by atoms with Gasteiger partial charge in [0, 0.05) is 24.6 Å². The van der Waals surface area contributed by atoms with Gasteiger partial charge in [0.25, 0.3) is 0 Å². The van der Waals surface area contributed by atoms with Gasteiger partial charge in [0.05, 0.1) is 20.8 Å². The Morgan fingerprint density at radius 2 is 1.76 bits per heavy atom. The molecule has 0 saturated heterocycles. The highest BCUT2D eigenvalue weighted by atomic mass is 16.5. The number of hydrogen-bond donors (Lipinski definition) is 1. The predicted molar refractivity (Wildman–Crippen MR) is 84.1 cm³/mol.